The topological polar surface area (TPSA) is 85.1 Å². The van der Waals surface area contributed by atoms with Crippen molar-refractivity contribution in [2.45, 2.75) is 13.8 Å². The molecule has 0 spiro atoms. The highest BCUT2D eigenvalue weighted by Crippen LogP contribution is 2.40. The summed E-state index contributed by atoms with van der Waals surface area (Å²) in [6.07, 6.45) is 0. The smallest absolute Gasteiger partial charge is 0.269 e. The highest BCUT2D eigenvalue weighted by molar-refractivity contribution is 9.10. The number of amides is 1. The molecule has 6 nitrogen and oxygen atoms in total. The third-order valence-electron chi connectivity index (χ3n) is 4.93. The molecule has 3 aromatic carbocycles. The number of aryl methyl sites for hydroxylation is 2. The van der Waals surface area contributed by atoms with Crippen LogP contribution in [0.15, 0.2) is 71.2 Å². The highest BCUT2D eigenvalue weighted by Gasteiger charge is 2.19. The normalized spacial score (nSPS) is 10.7. The number of halogens is 1. The van der Waals surface area contributed by atoms with Crippen LogP contribution in [-0.4, -0.2) is 15.8 Å². The molecule has 1 N–H and O–H groups in total. The third-order valence-corrected chi connectivity index (χ3v) is 6.48. The average molecular weight is 508 g/mol. The van der Waals surface area contributed by atoms with Crippen molar-refractivity contribution in [2.75, 3.05) is 5.32 Å². The molecule has 32 heavy (non-hydrogen) atoms. The first-order valence-corrected chi connectivity index (χ1v) is 11.3. The van der Waals surface area contributed by atoms with Gasteiger partial charge in [-0.05, 0) is 61.4 Å². The quantitative estimate of drug-likeness (QED) is 0.232. The second kappa shape index (κ2) is 9.02. The van der Waals surface area contributed by atoms with Gasteiger partial charge in [0.1, 0.15) is 0 Å². The lowest BCUT2D eigenvalue weighted by Crippen LogP contribution is -2.11. The fourth-order valence-electron chi connectivity index (χ4n) is 3.34. The minimum atomic E-state index is -0.425. The molecule has 0 saturated heterocycles. The summed E-state index contributed by atoms with van der Waals surface area (Å²) >= 11 is 4.71. The van der Waals surface area contributed by atoms with E-state index in [0.717, 1.165) is 37.3 Å². The summed E-state index contributed by atoms with van der Waals surface area (Å²) in [6, 6.07) is 19.5. The second-order valence-electron chi connectivity index (χ2n) is 7.28. The van der Waals surface area contributed by atoms with Crippen molar-refractivity contribution in [1.82, 2.24) is 4.98 Å². The number of rotatable bonds is 5. The van der Waals surface area contributed by atoms with Crippen LogP contribution in [-0.2, 0) is 0 Å². The van der Waals surface area contributed by atoms with Crippen LogP contribution in [0.3, 0.4) is 0 Å². The molecule has 0 aliphatic rings. The van der Waals surface area contributed by atoms with Gasteiger partial charge in [0.15, 0.2) is 5.13 Å². The molecule has 0 bridgehead atoms. The van der Waals surface area contributed by atoms with Crippen LogP contribution in [0.1, 0.15) is 21.5 Å². The number of hydrogen-bond acceptors (Lipinski definition) is 5. The molecule has 160 valence electrons. The number of aromatic nitrogens is 1. The largest absolute Gasteiger partial charge is 0.298 e. The van der Waals surface area contributed by atoms with Crippen molar-refractivity contribution < 1.29 is 9.72 Å². The molecule has 0 aliphatic carbocycles. The monoisotopic (exact) mass is 507 g/mol. The number of carbonyl (C=O) groups is 1. The Morgan fingerprint density at radius 3 is 2.34 bits per heavy atom. The van der Waals surface area contributed by atoms with Crippen LogP contribution in [0.4, 0.5) is 10.8 Å². The Morgan fingerprint density at radius 1 is 1.03 bits per heavy atom. The first kappa shape index (κ1) is 21.9. The Kier molecular flexibility index (Phi) is 6.16. The van der Waals surface area contributed by atoms with E-state index in [2.05, 4.69) is 27.3 Å². The number of carbonyl (C=O) groups excluding carboxylic acids is 1. The van der Waals surface area contributed by atoms with Crippen LogP contribution in [0.2, 0.25) is 0 Å². The van der Waals surface area contributed by atoms with Gasteiger partial charge in [-0.1, -0.05) is 51.0 Å². The first-order valence-electron chi connectivity index (χ1n) is 9.72. The van der Waals surface area contributed by atoms with Crippen molar-refractivity contribution in [3.63, 3.8) is 0 Å². The molecule has 8 heteroatoms. The number of nitro benzene ring substituents is 1. The molecule has 4 rings (SSSR count). The van der Waals surface area contributed by atoms with Crippen molar-refractivity contribution in [3.8, 4) is 21.7 Å². The number of non-ortho nitro benzene ring substituents is 1. The maximum absolute atomic E-state index is 12.7. The molecule has 0 radical (unpaired) electrons. The Morgan fingerprint density at radius 2 is 1.72 bits per heavy atom. The molecular weight excluding hydrogens is 490 g/mol. The molecule has 4 aromatic rings. The van der Waals surface area contributed by atoms with Gasteiger partial charge in [0.05, 0.1) is 15.5 Å². The maximum atomic E-state index is 12.7. The van der Waals surface area contributed by atoms with E-state index in [1.54, 1.807) is 36.4 Å². The van der Waals surface area contributed by atoms with Crippen LogP contribution >= 0.6 is 27.3 Å². The van der Waals surface area contributed by atoms with Gasteiger partial charge >= 0.3 is 0 Å². The van der Waals surface area contributed by atoms with Gasteiger partial charge < -0.3 is 0 Å². The molecule has 1 aromatic heterocycles. The zero-order valence-corrected chi connectivity index (χ0v) is 19.7. The molecule has 0 aliphatic heterocycles. The number of hydrogen-bond donors (Lipinski definition) is 1. The van der Waals surface area contributed by atoms with Crippen molar-refractivity contribution in [1.29, 1.82) is 0 Å². The Bertz CT molecular complexity index is 1320. The minimum absolute atomic E-state index is 0.0232. The minimum Gasteiger partial charge on any atom is -0.298 e. The standard InChI is InChI=1S/C24H18BrN3O3S/c1-14-3-12-20(15(2)13-14)21-22(16-6-10-19(11-7-16)28(30)31)32-24(26-21)27-23(29)17-4-8-18(25)9-5-17/h3-13H,1-2H3,(H,26,27,29). The van der Waals surface area contributed by atoms with E-state index in [1.165, 1.54) is 23.5 Å². The zero-order chi connectivity index (χ0) is 22.8. The van der Waals surface area contributed by atoms with Crippen molar-refractivity contribution in [3.05, 3.63) is 98.0 Å². The fourth-order valence-corrected chi connectivity index (χ4v) is 4.58. The number of anilines is 1. The van der Waals surface area contributed by atoms with E-state index >= 15 is 0 Å². The van der Waals surface area contributed by atoms with Crippen LogP contribution in [0.25, 0.3) is 21.7 Å². The number of benzene rings is 3. The van der Waals surface area contributed by atoms with Gasteiger partial charge in [0, 0.05) is 27.7 Å². The van der Waals surface area contributed by atoms with Crippen molar-refractivity contribution in [2.24, 2.45) is 0 Å². The van der Waals surface area contributed by atoms with Gasteiger partial charge in [-0.15, -0.1) is 0 Å². The Balaban J connectivity index is 1.76. The maximum Gasteiger partial charge on any atom is 0.269 e. The summed E-state index contributed by atoms with van der Waals surface area (Å²) in [5, 5.41) is 14.4. The predicted molar refractivity (Wildman–Crippen MR) is 131 cm³/mol. The molecule has 0 fully saturated rings. The first-order chi connectivity index (χ1) is 15.3. The summed E-state index contributed by atoms with van der Waals surface area (Å²) in [4.78, 5) is 28.9. The van der Waals surface area contributed by atoms with Gasteiger partial charge in [-0.25, -0.2) is 4.98 Å². The summed E-state index contributed by atoms with van der Waals surface area (Å²) in [5.41, 5.74) is 5.22. The molecular formula is C24H18BrN3O3S. The lowest BCUT2D eigenvalue weighted by Gasteiger charge is -2.07. The number of thiazole rings is 1. The van der Waals surface area contributed by atoms with Crippen LogP contribution in [0, 0.1) is 24.0 Å². The van der Waals surface area contributed by atoms with Gasteiger partial charge in [-0.2, -0.15) is 0 Å². The fraction of sp³-hybridized carbons (Fsp3) is 0.0833. The van der Waals surface area contributed by atoms with E-state index in [0.29, 0.717) is 10.7 Å². The Hall–Kier alpha value is -3.36. The lowest BCUT2D eigenvalue weighted by atomic mass is 10.0. The van der Waals surface area contributed by atoms with E-state index in [-0.39, 0.29) is 11.6 Å². The van der Waals surface area contributed by atoms with E-state index in [4.69, 9.17) is 4.98 Å². The van der Waals surface area contributed by atoms with E-state index < -0.39 is 4.92 Å². The van der Waals surface area contributed by atoms with E-state index in [1.807, 2.05) is 26.0 Å². The number of nitro groups is 1. The van der Waals surface area contributed by atoms with Gasteiger partial charge in [0.25, 0.3) is 11.6 Å². The summed E-state index contributed by atoms with van der Waals surface area (Å²) in [5.74, 6) is -0.256. The number of nitrogens with zero attached hydrogens (tertiary/aromatic N) is 2. The molecule has 0 unspecified atom stereocenters. The average Bonchev–Trinajstić information content (AvgIpc) is 3.17. The van der Waals surface area contributed by atoms with Gasteiger partial charge in [0.2, 0.25) is 0 Å². The number of nitrogens with one attached hydrogen (secondary N) is 1. The molecule has 1 heterocycles. The third kappa shape index (κ3) is 4.61. The molecule has 0 atom stereocenters. The van der Waals surface area contributed by atoms with E-state index in [9.17, 15) is 14.9 Å². The Labute approximate surface area is 197 Å². The summed E-state index contributed by atoms with van der Waals surface area (Å²) in [6.45, 7) is 4.04. The molecule has 1 amide bonds. The molecule has 0 saturated carbocycles. The second-order valence-corrected chi connectivity index (χ2v) is 9.19. The lowest BCUT2D eigenvalue weighted by molar-refractivity contribution is -0.384. The van der Waals surface area contributed by atoms with Gasteiger partial charge in [-0.3, -0.25) is 20.2 Å². The SMILES string of the molecule is Cc1ccc(-c2nc(NC(=O)c3ccc(Br)cc3)sc2-c2ccc([N+](=O)[O-])cc2)c(C)c1. The summed E-state index contributed by atoms with van der Waals surface area (Å²) < 4.78 is 0.890. The zero-order valence-electron chi connectivity index (χ0n) is 17.3. The van der Waals surface area contributed by atoms with Crippen LogP contribution < -0.4 is 5.32 Å². The van der Waals surface area contributed by atoms with Crippen molar-refractivity contribution >= 4 is 44.0 Å². The summed E-state index contributed by atoms with van der Waals surface area (Å²) in [7, 11) is 0. The van der Waals surface area contributed by atoms with Crippen LogP contribution in [0.5, 0.6) is 0 Å². The highest BCUT2D eigenvalue weighted by atomic mass is 79.9. The predicted octanol–water partition coefficient (Wildman–Crippen LogP) is 7.02.